The zero-order chi connectivity index (χ0) is 19.6. The molecule has 28 heavy (non-hydrogen) atoms. The number of ether oxygens (including phenoxy) is 1. The summed E-state index contributed by atoms with van der Waals surface area (Å²) in [5.74, 6) is 1.88. The number of hydrogen-bond acceptors (Lipinski definition) is 6. The summed E-state index contributed by atoms with van der Waals surface area (Å²) < 4.78 is 33.8. The molecule has 0 bridgehead atoms. The molecule has 2 fully saturated rings. The van der Waals surface area contributed by atoms with Crippen LogP contribution in [0.2, 0.25) is 0 Å². The molecule has 1 N–H and O–H groups in total. The minimum atomic E-state index is -3.11. The molecule has 0 amide bonds. The van der Waals surface area contributed by atoms with E-state index < -0.39 is 10.0 Å². The molecule has 0 spiro atoms. The van der Waals surface area contributed by atoms with Gasteiger partial charge in [0.05, 0.1) is 11.4 Å². The molecule has 10 heteroatoms. The molecule has 4 heterocycles. The van der Waals surface area contributed by atoms with Crippen LogP contribution in [0.25, 0.3) is 11.5 Å². The maximum absolute atomic E-state index is 12.4. The second-order valence-corrected chi connectivity index (χ2v) is 9.47. The minimum Gasteiger partial charge on any atom is -0.385 e. The van der Waals surface area contributed by atoms with Crippen LogP contribution < -0.4 is 4.90 Å². The second-order valence-electron chi connectivity index (χ2n) is 7.43. The van der Waals surface area contributed by atoms with E-state index >= 15 is 0 Å². The van der Waals surface area contributed by atoms with Crippen LogP contribution in [0.15, 0.2) is 18.3 Å². The van der Waals surface area contributed by atoms with Gasteiger partial charge in [-0.1, -0.05) is 0 Å². The summed E-state index contributed by atoms with van der Waals surface area (Å²) in [6, 6.07) is 3.94. The highest BCUT2D eigenvalue weighted by Gasteiger charge is 2.37. The Morgan fingerprint density at radius 1 is 1.29 bits per heavy atom. The van der Waals surface area contributed by atoms with Gasteiger partial charge in [0.1, 0.15) is 0 Å². The molecule has 0 aliphatic carbocycles. The fraction of sp³-hybridized carbons (Fsp3) is 0.667. The molecule has 0 radical (unpaired) electrons. The van der Waals surface area contributed by atoms with E-state index in [4.69, 9.17) is 4.74 Å². The van der Waals surface area contributed by atoms with E-state index in [1.807, 2.05) is 18.3 Å². The Hall–Kier alpha value is -1.91. The third-order valence-corrected chi connectivity index (χ3v) is 7.52. The first-order valence-corrected chi connectivity index (χ1v) is 11.5. The van der Waals surface area contributed by atoms with Crippen LogP contribution in [0.3, 0.4) is 0 Å². The Morgan fingerprint density at radius 3 is 2.89 bits per heavy atom. The van der Waals surface area contributed by atoms with Crippen LogP contribution in [-0.2, 0) is 21.3 Å². The molecule has 0 aromatic carbocycles. The number of sulfonamides is 1. The Balaban J connectivity index is 1.59. The van der Waals surface area contributed by atoms with Crippen LogP contribution in [0.4, 0.5) is 5.95 Å². The van der Waals surface area contributed by atoms with E-state index in [0.29, 0.717) is 19.7 Å². The SMILES string of the molecule is COCCCn1c(-c2ccc[nH]2)nnc1N1CCC[C@H](N2CCCS2(=O)=O)C1. The maximum Gasteiger partial charge on any atom is 0.227 e. The quantitative estimate of drug-likeness (QED) is 0.694. The average molecular weight is 409 g/mol. The molecular formula is C18H28N6O3S. The van der Waals surface area contributed by atoms with Crippen LogP contribution in [0.5, 0.6) is 0 Å². The Morgan fingerprint density at radius 2 is 2.18 bits per heavy atom. The number of anilines is 1. The summed E-state index contributed by atoms with van der Waals surface area (Å²) >= 11 is 0. The summed E-state index contributed by atoms with van der Waals surface area (Å²) in [4.78, 5) is 5.39. The zero-order valence-electron chi connectivity index (χ0n) is 16.2. The number of aromatic nitrogens is 4. The van der Waals surface area contributed by atoms with E-state index in [2.05, 4.69) is 24.6 Å². The molecule has 2 aromatic heterocycles. The smallest absolute Gasteiger partial charge is 0.227 e. The Labute approximate surface area is 165 Å². The van der Waals surface area contributed by atoms with E-state index in [-0.39, 0.29) is 11.8 Å². The van der Waals surface area contributed by atoms with Crippen molar-refractivity contribution in [2.45, 2.75) is 38.3 Å². The molecule has 4 rings (SSSR count). The van der Waals surface area contributed by atoms with Crippen molar-refractivity contribution in [3.8, 4) is 11.5 Å². The van der Waals surface area contributed by atoms with Crippen molar-refractivity contribution in [2.75, 3.05) is 44.0 Å². The fourth-order valence-corrected chi connectivity index (χ4v) is 5.97. The predicted octanol–water partition coefficient (Wildman–Crippen LogP) is 1.31. The van der Waals surface area contributed by atoms with Gasteiger partial charge in [-0.3, -0.25) is 4.57 Å². The summed E-state index contributed by atoms with van der Waals surface area (Å²) in [5.41, 5.74) is 0.923. The maximum atomic E-state index is 12.4. The van der Waals surface area contributed by atoms with E-state index in [1.54, 1.807) is 11.4 Å². The number of hydrogen-bond donors (Lipinski definition) is 1. The van der Waals surface area contributed by atoms with Crippen molar-refractivity contribution in [1.29, 1.82) is 0 Å². The number of piperidine rings is 1. The first-order chi connectivity index (χ1) is 13.6. The van der Waals surface area contributed by atoms with Crippen molar-refractivity contribution in [3.05, 3.63) is 18.3 Å². The van der Waals surface area contributed by atoms with Crippen LogP contribution >= 0.6 is 0 Å². The summed E-state index contributed by atoms with van der Waals surface area (Å²) in [7, 11) is -1.41. The largest absolute Gasteiger partial charge is 0.385 e. The zero-order valence-corrected chi connectivity index (χ0v) is 17.1. The van der Waals surface area contributed by atoms with Gasteiger partial charge in [0.15, 0.2) is 5.82 Å². The normalized spacial score (nSPS) is 22.8. The van der Waals surface area contributed by atoms with Crippen molar-refractivity contribution in [2.24, 2.45) is 0 Å². The minimum absolute atomic E-state index is 0.0133. The van der Waals surface area contributed by atoms with E-state index in [0.717, 1.165) is 56.2 Å². The topological polar surface area (TPSA) is 96.3 Å². The molecule has 1 atom stereocenters. The number of aromatic amines is 1. The van der Waals surface area contributed by atoms with Crippen molar-refractivity contribution in [1.82, 2.24) is 24.1 Å². The molecular weight excluding hydrogens is 380 g/mol. The molecule has 154 valence electrons. The first kappa shape index (κ1) is 19.4. The molecule has 2 aliphatic rings. The highest BCUT2D eigenvalue weighted by molar-refractivity contribution is 7.89. The molecule has 0 saturated carbocycles. The van der Waals surface area contributed by atoms with E-state index in [9.17, 15) is 8.42 Å². The van der Waals surface area contributed by atoms with Crippen LogP contribution in [0.1, 0.15) is 25.7 Å². The van der Waals surface area contributed by atoms with Gasteiger partial charge >= 0.3 is 0 Å². The summed E-state index contributed by atoms with van der Waals surface area (Å²) in [5, 5.41) is 8.91. The van der Waals surface area contributed by atoms with Gasteiger partial charge in [0, 0.05) is 52.1 Å². The van der Waals surface area contributed by atoms with Gasteiger partial charge in [-0.15, -0.1) is 10.2 Å². The number of H-pyrrole nitrogens is 1. The summed E-state index contributed by atoms with van der Waals surface area (Å²) in [6.45, 7) is 3.56. The van der Waals surface area contributed by atoms with E-state index in [1.165, 1.54) is 0 Å². The highest BCUT2D eigenvalue weighted by Crippen LogP contribution is 2.28. The lowest BCUT2D eigenvalue weighted by Gasteiger charge is -2.37. The molecule has 2 saturated heterocycles. The third kappa shape index (κ3) is 3.81. The second kappa shape index (κ2) is 8.22. The molecule has 2 aliphatic heterocycles. The summed E-state index contributed by atoms with van der Waals surface area (Å²) in [6.07, 6.45) is 5.30. The van der Waals surface area contributed by atoms with Gasteiger partial charge < -0.3 is 14.6 Å². The van der Waals surface area contributed by atoms with Gasteiger partial charge in [-0.25, -0.2) is 8.42 Å². The Bertz CT molecular complexity index is 879. The molecule has 2 aromatic rings. The predicted molar refractivity (Wildman–Crippen MR) is 107 cm³/mol. The first-order valence-electron chi connectivity index (χ1n) is 9.90. The van der Waals surface area contributed by atoms with Gasteiger partial charge in [-0.2, -0.15) is 4.31 Å². The van der Waals surface area contributed by atoms with Crippen LogP contribution in [-0.4, -0.2) is 77.6 Å². The van der Waals surface area contributed by atoms with Gasteiger partial charge in [-0.05, 0) is 37.8 Å². The number of rotatable bonds is 7. The van der Waals surface area contributed by atoms with Crippen LogP contribution in [0, 0.1) is 0 Å². The van der Waals surface area contributed by atoms with Crippen molar-refractivity contribution >= 4 is 16.0 Å². The lowest BCUT2D eigenvalue weighted by Crippen LogP contribution is -2.49. The number of nitrogens with zero attached hydrogens (tertiary/aromatic N) is 5. The molecule has 9 nitrogen and oxygen atoms in total. The van der Waals surface area contributed by atoms with Gasteiger partial charge in [0.25, 0.3) is 0 Å². The standard InChI is InChI=1S/C18H28N6O3S/c1-27-12-4-10-23-17(16-7-2-8-19-16)20-21-18(23)22-9-3-6-15(14-22)24-11-5-13-28(24,25)26/h2,7-8,15,19H,3-6,9-14H2,1H3/t15-/m0/s1. The number of nitrogens with one attached hydrogen (secondary N) is 1. The van der Waals surface area contributed by atoms with Gasteiger partial charge in [0.2, 0.25) is 16.0 Å². The lowest BCUT2D eigenvalue weighted by atomic mass is 10.1. The number of methoxy groups -OCH3 is 1. The highest BCUT2D eigenvalue weighted by atomic mass is 32.2. The average Bonchev–Trinajstić information content (AvgIpc) is 3.41. The molecule has 0 unspecified atom stereocenters. The monoisotopic (exact) mass is 408 g/mol. The lowest BCUT2D eigenvalue weighted by molar-refractivity contribution is 0.190. The third-order valence-electron chi connectivity index (χ3n) is 5.53. The van der Waals surface area contributed by atoms with Crippen molar-refractivity contribution < 1.29 is 13.2 Å². The Kier molecular flexibility index (Phi) is 5.70. The van der Waals surface area contributed by atoms with Crippen molar-refractivity contribution in [3.63, 3.8) is 0 Å². The fourth-order valence-electron chi connectivity index (χ4n) is 4.21.